The standard InChI is InChI=1S/C36H56N8O9/c1-9-20(2)28(32(50)52-35(3,4)5)44-31(49)26(18-27(45)46)42-29(47)24(15-12-16-39-33(37)38)41-30(48)25(43-34(51)53-36(6,7)8)17-21-19-40-23-14-11-10-13-22(21)23/h10-11,13-14,19-20,24-26,28,40H,9,12,15-18H2,1-8H3,(H,41,48)(H,42,47)(H,43,51)(H,44,49)(H,45,46)(H4,37,38,39)/t20-,24-,25-,26-,28-/m0/s1. The number of nitrogens with zero attached hydrogens (tertiary/aromatic N) is 1. The average molecular weight is 745 g/mol. The van der Waals surface area contributed by atoms with Crippen molar-refractivity contribution in [3.63, 3.8) is 0 Å². The molecule has 1 heterocycles. The number of carboxylic acids is 1. The molecule has 1 aromatic carbocycles. The van der Waals surface area contributed by atoms with Gasteiger partial charge in [-0.05, 0) is 71.9 Å². The van der Waals surface area contributed by atoms with Crippen molar-refractivity contribution in [3.05, 3.63) is 36.0 Å². The number of aromatic nitrogens is 1. The van der Waals surface area contributed by atoms with Gasteiger partial charge in [-0.1, -0.05) is 38.5 Å². The molecule has 0 saturated heterocycles. The molecule has 0 radical (unpaired) electrons. The van der Waals surface area contributed by atoms with Crippen LogP contribution in [-0.4, -0.2) is 93.7 Å². The van der Waals surface area contributed by atoms with Gasteiger partial charge in [0, 0.05) is 30.1 Å². The van der Waals surface area contributed by atoms with Crippen LogP contribution in [-0.2, 0) is 39.9 Å². The van der Waals surface area contributed by atoms with Gasteiger partial charge in [-0.15, -0.1) is 0 Å². The minimum Gasteiger partial charge on any atom is -0.481 e. The Labute approximate surface area is 309 Å². The van der Waals surface area contributed by atoms with Gasteiger partial charge >= 0.3 is 18.0 Å². The molecule has 0 saturated carbocycles. The van der Waals surface area contributed by atoms with Crippen LogP contribution < -0.4 is 32.7 Å². The number of guanidine groups is 1. The minimum atomic E-state index is -1.65. The first kappa shape index (κ1) is 43.8. The Balaban J connectivity index is 2.42. The molecule has 10 N–H and O–H groups in total. The van der Waals surface area contributed by atoms with Crippen molar-refractivity contribution in [1.29, 1.82) is 0 Å². The molecule has 53 heavy (non-hydrogen) atoms. The van der Waals surface area contributed by atoms with Gasteiger partial charge in [0.05, 0.1) is 6.42 Å². The summed E-state index contributed by atoms with van der Waals surface area (Å²) in [6, 6.07) is 2.02. The topological polar surface area (TPSA) is 269 Å². The number of carboxylic acid groups (broad SMARTS) is 1. The molecule has 0 unspecified atom stereocenters. The summed E-state index contributed by atoms with van der Waals surface area (Å²) in [6.07, 6.45) is 0.620. The number of benzene rings is 1. The number of aliphatic carboxylic acids is 1. The van der Waals surface area contributed by atoms with E-state index in [0.717, 1.165) is 10.9 Å². The highest BCUT2D eigenvalue weighted by Gasteiger charge is 2.35. The highest BCUT2D eigenvalue weighted by atomic mass is 16.6. The van der Waals surface area contributed by atoms with Crippen molar-refractivity contribution < 1.29 is 43.3 Å². The monoisotopic (exact) mass is 744 g/mol. The number of carbonyl (C=O) groups excluding carboxylic acids is 5. The molecule has 5 atom stereocenters. The van der Waals surface area contributed by atoms with Crippen molar-refractivity contribution in [3.8, 4) is 0 Å². The molecule has 2 rings (SSSR count). The maximum atomic E-state index is 13.9. The van der Waals surface area contributed by atoms with Crippen LogP contribution in [0, 0.1) is 5.92 Å². The van der Waals surface area contributed by atoms with Gasteiger partial charge < -0.3 is 52.3 Å². The van der Waals surface area contributed by atoms with E-state index in [-0.39, 0.29) is 31.8 Å². The quantitative estimate of drug-likeness (QED) is 0.0473. The molecular formula is C36H56N8O9. The number of aliphatic imine (C=N–C) groups is 1. The normalized spacial score (nSPS) is 14.4. The Bertz CT molecular complexity index is 1620. The van der Waals surface area contributed by atoms with Gasteiger partial charge in [-0.25, -0.2) is 9.59 Å². The maximum Gasteiger partial charge on any atom is 0.408 e. The summed E-state index contributed by atoms with van der Waals surface area (Å²) in [7, 11) is 0. The zero-order chi connectivity index (χ0) is 40.1. The number of rotatable bonds is 18. The zero-order valence-corrected chi connectivity index (χ0v) is 31.8. The van der Waals surface area contributed by atoms with E-state index in [1.807, 2.05) is 31.2 Å². The summed E-state index contributed by atoms with van der Waals surface area (Å²) in [5.74, 6) is -5.31. The third-order valence-electron chi connectivity index (χ3n) is 7.87. The highest BCUT2D eigenvalue weighted by molar-refractivity contribution is 5.96. The summed E-state index contributed by atoms with van der Waals surface area (Å²) in [5.41, 5.74) is 10.7. The maximum absolute atomic E-state index is 13.9. The number of nitrogens with one attached hydrogen (secondary N) is 5. The van der Waals surface area contributed by atoms with E-state index < -0.39 is 83.5 Å². The molecule has 2 aromatic rings. The molecule has 294 valence electrons. The second-order valence-electron chi connectivity index (χ2n) is 14.8. The lowest BCUT2D eigenvalue weighted by Crippen LogP contribution is -2.59. The second-order valence-corrected chi connectivity index (χ2v) is 14.8. The Morgan fingerprint density at radius 1 is 0.849 bits per heavy atom. The summed E-state index contributed by atoms with van der Waals surface area (Å²) in [6.45, 7) is 13.6. The molecule has 0 fully saturated rings. The van der Waals surface area contributed by atoms with Crippen molar-refractivity contribution >= 4 is 52.6 Å². The Hall–Kier alpha value is -5.35. The molecule has 0 aliphatic carbocycles. The number of H-pyrrole nitrogens is 1. The van der Waals surface area contributed by atoms with E-state index in [1.165, 1.54) is 0 Å². The number of hydrogen-bond donors (Lipinski definition) is 8. The molecule has 0 bridgehead atoms. The van der Waals surface area contributed by atoms with Gasteiger partial charge in [0.1, 0.15) is 35.4 Å². The number of ether oxygens (including phenoxy) is 2. The fourth-order valence-electron chi connectivity index (χ4n) is 5.17. The first-order valence-corrected chi connectivity index (χ1v) is 17.6. The number of alkyl carbamates (subject to hydrolysis) is 1. The summed E-state index contributed by atoms with van der Waals surface area (Å²) < 4.78 is 10.9. The number of amides is 4. The molecule has 17 heteroatoms. The summed E-state index contributed by atoms with van der Waals surface area (Å²) in [5, 5.41) is 20.7. The predicted molar refractivity (Wildman–Crippen MR) is 198 cm³/mol. The van der Waals surface area contributed by atoms with Crippen LogP contribution >= 0.6 is 0 Å². The van der Waals surface area contributed by atoms with Gasteiger partial charge in [0.15, 0.2) is 5.96 Å². The van der Waals surface area contributed by atoms with Crippen LogP contribution in [0.5, 0.6) is 0 Å². The van der Waals surface area contributed by atoms with Crippen LogP contribution in [0.15, 0.2) is 35.5 Å². The third kappa shape index (κ3) is 15.4. The lowest BCUT2D eigenvalue weighted by Gasteiger charge is -2.29. The number of esters is 1. The van der Waals surface area contributed by atoms with Crippen molar-refractivity contribution in [2.45, 2.75) is 123 Å². The Morgan fingerprint density at radius 2 is 1.43 bits per heavy atom. The molecule has 17 nitrogen and oxygen atoms in total. The van der Waals surface area contributed by atoms with Gasteiger partial charge in [-0.2, -0.15) is 0 Å². The molecule has 0 aliphatic rings. The summed E-state index contributed by atoms with van der Waals surface area (Å²) in [4.78, 5) is 86.1. The van der Waals surface area contributed by atoms with Crippen molar-refractivity contribution in [2.24, 2.45) is 22.4 Å². The second kappa shape index (κ2) is 19.5. The van der Waals surface area contributed by atoms with Crippen LogP contribution in [0.2, 0.25) is 0 Å². The largest absolute Gasteiger partial charge is 0.481 e. The number of aromatic amines is 1. The molecule has 4 amide bonds. The molecule has 0 spiro atoms. The van der Waals surface area contributed by atoms with Crippen LogP contribution in [0.1, 0.15) is 86.6 Å². The fourth-order valence-corrected chi connectivity index (χ4v) is 5.17. The third-order valence-corrected chi connectivity index (χ3v) is 7.87. The van der Waals surface area contributed by atoms with Crippen LogP contribution in [0.3, 0.4) is 0 Å². The predicted octanol–water partition coefficient (Wildman–Crippen LogP) is 1.97. The van der Waals surface area contributed by atoms with Gasteiger partial charge in [0.25, 0.3) is 0 Å². The Morgan fingerprint density at radius 3 is 2.02 bits per heavy atom. The number of nitrogens with two attached hydrogens (primary N) is 2. The number of para-hydroxylation sites is 1. The van der Waals surface area contributed by atoms with E-state index in [4.69, 9.17) is 20.9 Å². The zero-order valence-electron chi connectivity index (χ0n) is 31.8. The van der Waals surface area contributed by atoms with Crippen LogP contribution in [0.25, 0.3) is 10.9 Å². The van der Waals surface area contributed by atoms with Gasteiger partial charge in [-0.3, -0.25) is 24.2 Å². The smallest absolute Gasteiger partial charge is 0.408 e. The SMILES string of the molecule is CC[C@H](C)[C@H](NC(=O)[C@H](CC(=O)O)NC(=O)[C@H](CCCN=C(N)N)NC(=O)[C@H](Cc1c[nH]c2ccccc12)NC(=O)OC(C)(C)C)C(=O)OC(C)(C)C. The number of fused-ring (bicyclic) bond motifs is 1. The van der Waals surface area contributed by atoms with Crippen LogP contribution in [0.4, 0.5) is 4.79 Å². The van der Waals surface area contributed by atoms with Crippen molar-refractivity contribution in [1.82, 2.24) is 26.3 Å². The molecule has 1 aromatic heterocycles. The van der Waals surface area contributed by atoms with E-state index >= 15 is 0 Å². The lowest BCUT2D eigenvalue weighted by atomic mass is 9.98. The van der Waals surface area contributed by atoms with E-state index in [0.29, 0.717) is 12.0 Å². The van der Waals surface area contributed by atoms with Crippen molar-refractivity contribution in [2.75, 3.05) is 6.54 Å². The first-order chi connectivity index (χ1) is 24.6. The molecular weight excluding hydrogens is 688 g/mol. The lowest BCUT2D eigenvalue weighted by molar-refractivity contribution is -0.160. The average Bonchev–Trinajstić information content (AvgIpc) is 3.44. The molecule has 0 aliphatic heterocycles. The Kier molecular flexibility index (Phi) is 16.1. The fraction of sp³-hybridized carbons (Fsp3) is 0.583. The highest BCUT2D eigenvalue weighted by Crippen LogP contribution is 2.20. The summed E-state index contributed by atoms with van der Waals surface area (Å²) >= 11 is 0. The van der Waals surface area contributed by atoms with E-state index in [1.54, 1.807) is 54.7 Å². The number of hydrogen-bond acceptors (Lipinski definition) is 9. The first-order valence-electron chi connectivity index (χ1n) is 17.6. The number of carbonyl (C=O) groups is 6. The van der Waals surface area contributed by atoms with E-state index in [9.17, 15) is 33.9 Å². The van der Waals surface area contributed by atoms with Gasteiger partial charge in [0.2, 0.25) is 17.7 Å². The van der Waals surface area contributed by atoms with E-state index in [2.05, 4.69) is 31.2 Å². The minimum absolute atomic E-state index is 0.00312.